The van der Waals surface area contributed by atoms with Crippen molar-refractivity contribution in [2.75, 3.05) is 0 Å². The Morgan fingerprint density at radius 3 is 2.06 bits per heavy atom. The molecule has 0 bridgehead atoms. The van der Waals surface area contributed by atoms with Crippen LogP contribution >= 0.6 is 15.9 Å². The van der Waals surface area contributed by atoms with Gasteiger partial charge in [0.25, 0.3) is 0 Å². The lowest BCUT2D eigenvalue weighted by Gasteiger charge is -2.29. The Kier molecular flexibility index (Phi) is 3.06. The van der Waals surface area contributed by atoms with Gasteiger partial charge in [-0.3, -0.25) is 0 Å². The average molecular weight is 279 g/mol. The molecule has 0 heterocycles. The van der Waals surface area contributed by atoms with Crippen LogP contribution in [0.2, 0.25) is 0 Å². The average Bonchev–Trinajstić information content (AvgIpc) is 2.63. The van der Waals surface area contributed by atoms with Gasteiger partial charge in [0.1, 0.15) is 0 Å². The van der Waals surface area contributed by atoms with Gasteiger partial charge in [0.15, 0.2) is 0 Å². The Labute approximate surface area is 107 Å². The molecule has 2 aliphatic rings. The van der Waals surface area contributed by atoms with E-state index in [0.717, 1.165) is 16.7 Å². The summed E-state index contributed by atoms with van der Waals surface area (Å²) >= 11 is 3.77. The smallest absolute Gasteiger partial charge is 0.0151 e. The molecule has 0 nitrogen and oxygen atoms in total. The molecule has 2 fully saturated rings. The summed E-state index contributed by atoms with van der Waals surface area (Å²) in [7, 11) is 0. The first kappa shape index (κ1) is 10.8. The van der Waals surface area contributed by atoms with Crippen LogP contribution in [0.15, 0.2) is 24.3 Å². The standard InChI is InChI=1S/C15H19Br/c16-13-9-8-12(10-13)15-7-2-1-6-14(15)11-4-3-5-11/h1-2,6-7,11-13H,3-5,8-10H2. The molecule has 0 aromatic heterocycles. The molecule has 2 saturated carbocycles. The van der Waals surface area contributed by atoms with Gasteiger partial charge in [-0.2, -0.15) is 0 Å². The topological polar surface area (TPSA) is 0 Å². The fourth-order valence-electron chi connectivity index (χ4n) is 3.18. The molecule has 1 heteroatoms. The van der Waals surface area contributed by atoms with Gasteiger partial charge >= 0.3 is 0 Å². The first-order valence-electron chi connectivity index (χ1n) is 6.57. The molecule has 2 aliphatic carbocycles. The second-order valence-electron chi connectivity index (χ2n) is 5.36. The van der Waals surface area contributed by atoms with E-state index >= 15 is 0 Å². The van der Waals surface area contributed by atoms with Crippen molar-refractivity contribution >= 4 is 15.9 Å². The normalized spacial score (nSPS) is 30.3. The molecule has 0 aliphatic heterocycles. The lowest BCUT2D eigenvalue weighted by atomic mass is 9.76. The molecule has 1 aromatic rings. The van der Waals surface area contributed by atoms with E-state index in [1.54, 1.807) is 11.1 Å². The van der Waals surface area contributed by atoms with Crippen LogP contribution in [0.4, 0.5) is 0 Å². The second-order valence-corrected chi connectivity index (χ2v) is 6.66. The Bertz CT molecular complexity index is 367. The van der Waals surface area contributed by atoms with Crippen LogP contribution in [0.25, 0.3) is 0 Å². The largest absolute Gasteiger partial charge is 0.0890 e. The van der Waals surface area contributed by atoms with Crippen LogP contribution in [0.5, 0.6) is 0 Å². The molecular formula is C15H19Br. The summed E-state index contributed by atoms with van der Waals surface area (Å²) < 4.78 is 0. The van der Waals surface area contributed by atoms with Crippen LogP contribution in [-0.4, -0.2) is 4.83 Å². The summed E-state index contributed by atoms with van der Waals surface area (Å²) in [4.78, 5) is 0.756. The van der Waals surface area contributed by atoms with E-state index in [2.05, 4.69) is 40.2 Å². The third-order valence-corrected chi connectivity index (χ3v) is 5.18. The fraction of sp³-hybridized carbons (Fsp3) is 0.600. The molecule has 2 atom stereocenters. The number of benzene rings is 1. The second kappa shape index (κ2) is 4.52. The molecule has 16 heavy (non-hydrogen) atoms. The third kappa shape index (κ3) is 1.95. The predicted octanol–water partition coefficient (Wildman–Crippen LogP) is 4.99. The highest BCUT2D eigenvalue weighted by molar-refractivity contribution is 9.09. The van der Waals surface area contributed by atoms with E-state index in [0.29, 0.717) is 0 Å². The van der Waals surface area contributed by atoms with E-state index in [-0.39, 0.29) is 0 Å². The van der Waals surface area contributed by atoms with Crippen molar-refractivity contribution in [3.05, 3.63) is 35.4 Å². The maximum Gasteiger partial charge on any atom is 0.0151 e. The van der Waals surface area contributed by atoms with Crippen LogP contribution in [0.3, 0.4) is 0 Å². The summed E-state index contributed by atoms with van der Waals surface area (Å²) in [6, 6.07) is 9.20. The van der Waals surface area contributed by atoms with Crippen molar-refractivity contribution in [2.24, 2.45) is 0 Å². The van der Waals surface area contributed by atoms with Crippen LogP contribution in [0, 0.1) is 0 Å². The fourth-order valence-corrected chi connectivity index (χ4v) is 3.90. The van der Waals surface area contributed by atoms with Crippen molar-refractivity contribution in [2.45, 2.75) is 55.2 Å². The number of rotatable bonds is 2. The number of hydrogen-bond donors (Lipinski definition) is 0. The Morgan fingerprint density at radius 1 is 0.875 bits per heavy atom. The maximum atomic E-state index is 3.77. The molecule has 0 saturated heterocycles. The van der Waals surface area contributed by atoms with Gasteiger partial charge in [0, 0.05) is 4.83 Å². The zero-order chi connectivity index (χ0) is 11.0. The highest BCUT2D eigenvalue weighted by Crippen LogP contribution is 2.44. The van der Waals surface area contributed by atoms with Crippen molar-refractivity contribution in [3.8, 4) is 0 Å². The maximum absolute atomic E-state index is 3.77. The molecule has 0 spiro atoms. The molecular weight excluding hydrogens is 260 g/mol. The lowest BCUT2D eigenvalue weighted by Crippen LogP contribution is -2.12. The molecule has 3 rings (SSSR count). The van der Waals surface area contributed by atoms with Crippen LogP contribution in [-0.2, 0) is 0 Å². The first-order valence-corrected chi connectivity index (χ1v) is 7.49. The van der Waals surface area contributed by atoms with Crippen molar-refractivity contribution in [3.63, 3.8) is 0 Å². The predicted molar refractivity (Wildman–Crippen MR) is 72.3 cm³/mol. The van der Waals surface area contributed by atoms with E-state index in [9.17, 15) is 0 Å². The monoisotopic (exact) mass is 278 g/mol. The van der Waals surface area contributed by atoms with Crippen molar-refractivity contribution < 1.29 is 0 Å². The molecule has 0 amide bonds. The van der Waals surface area contributed by atoms with Gasteiger partial charge in [-0.25, -0.2) is 0 Å². The summed E-state index contributed by atoms with van der Waals surface area (Å²) in [5.41, 5.74) is 3.33. The molecule has 2 unspecified atom stereocenters. The van der Waals surface area contributed by atoms with E-state index < -0.39 is 0 Å². The minimum atomic E-state index is 0.756. The SMILES string of the molecule is BrC1CCC(c2ccccc2C2CCC2)C1. The number of halogens is 1. The van der Waals surface area contributed by atoms with Gasteiger partial charge in [-0.15, -0.1) is 0 Å². The van der Waals surface area contributed by atoms with Gasteiger partial charge in [0.2, 0.25) is 0 Å². The van der Waals surface area contributed by atoms with Crippen molar-refractivity contribution in [1.82, 2.24) is 0 Å². The summed E-state index contributed by atoms with van der Waals surface area (Å²) in [5, 5.41) is 0. The third-order valence-electron chi connectivity index (χ3n) is 4.35. The van der Waals surface area contributed by atoms with E-state index in [1.165, 1.54) is 38.5 Å². The van der Waals surface area contributed by atoms with Gasteiger partial charge in [0.05, 0.1) is 0 Å². The Hall–Kier alpha value is -0.300. The highest BCUT2D eigenvalue weighted by atomic mass is 79.9. The lowest BCUT2D eigenvalue weighted by molar-refractivity contribution is 0.415. The zero-order valence-corrected chi connectivity index (χ0v) is 11.2. The van der Waals surface area contributed by atoms with Crippen molar-refractivity contribution in [1.29, 1.82) is 0 Å². The Balaban J connectivity index is 1.87. The minimum Gasteiger partial charge on any atom is -0.0890 e. The van der Waals surface area contributed by atoms with Gasteiger partial charge in [-0.05, 0) is 55.1 Å². The quantitative estimate of drug-likeness (QED) is 0.669. The highest BCUT2D eigenvalue weighted by Gasteiger charge is 2.29. The van der Waals surface area contributed by atoms with E-state index in [4.69, 9.17) is 0 Å². The summed E-state index contributed by atoms with van der Waals surface area (Å²) in [6.07, 6.45) is 8.33. The van der Waals surface area contributed by atoms with Crippen LogP contribution in [0.1, 0.15) is 61.5 Å². The minimum absolute atomic E-state index is 0.756. The van der Waals surface area contributed by atoms with E-state index in [1.807, 2.05) is 0 Å². The molecule has 0 N–H and O–H groups in total. The number of alkyl halides is 1. The summed E-state index contributed by atoms with van der Waals surface area (Å²) in [5.74, 6) is 1.70. The molecule has 0 radical (unpaired) electrons. The molecule has 86 valence electrons. The van der Waals surface area contributed by atoms with Gasteiger partial charge < -0.3 is 0 Å². The van der Waals surface area contributed by atoms with Gasteiger partial charge in [-0.1, -0.05) is 46.6 Å². The van der Waals surface area contributed by atoms with Crippen LogP contribution < -0.4 is 0 Å². The zero-order valence-electron chi connectivity index (χ0n) is 9.66. The summed E-state index contributed by atoms with van der Waals surface area (Å²) in [6.45, 7) is 0. The number of hydrogen-bond acceptors (Lipinski definition) is 0. The first-order chi connectivity index (χ1) is 7.84. The Morgan fingerprint density at radius 2 is 1.56 bits per heavy atom. The molecule has 1 aromatic carbocycles.